The minimum atomic E-state index is -0.894. The molecule has 0 bridgehead atoms. The first-order chi connectivity index (χ1) is 10.6. The van der Waals surface area contributed by atoms with Crippen molar-refractivity contribution < 1.29 is 19.7 Å². The molecule has 0 spiro atoms. The fourth-order valence-corrected chi connectivity index (χ4v) is 2.72. The number of hydrogen-bond acceptors (Lipinski definition) is 5. The normalized spacial score (nSPS) is 24.0. The number of aliphatic hydroxyl groups excluding tert-OH is 2. The van der Waals surface area contributed by atoms with Crippen LogP contribution in [0.4, 0.5) is 0 Å². The van der Waals surface area contributed by atoms with Crippen LogP contribution in [0.1, 0.15) is 12.0 Å². The van der Waals surface area contributed by atoms with Crippen molar-refractivity contribution in [2.24, 2.45) is 0 Å². The average Bonchev–Trinajstić information content (AvgIpc) is 2.76. The van der Waals surface area contributed by atoms with Crippen molar-refractivity contribution in [1.29, 1.82) is 0 Å². The molecule has 0 saturated carbocycles. The van der Waals surface area contributed by atoms with Crippen LogP contribution in [0.5, 0.6) is 0 Å². The monoisotopic (exact) mass is 349 g/mol. The molecule has 1 saturated heterocycles. The van der Waals surface area contributed by atoms with Gasteiger partial charge in [0.15, 0.2) is 0 Å². The lowest BCUT2D eigenvalue weighted by atomic mass is 9.91. The van der Waals surface area contributed by atoms with E-state index in [1.54, 1.807) is 12.1 Å². The molecule has 1 fully saturated rings. The van der Waals surface area contributed by atoms with Crippen molar-refractivity contribution in [2.75, 3.05) is 39.5 Å². The van der Waals surface area contributed by atoms with Gasteiger partial charge in [-0.2, -0.15) is 0 Å². The molecule has 0 aromatic heterocycles. The number of halogens is 2. The largest absolute Gasteiger partial charge is 0.394 e. The molecule has 1 aromatic carbocycles. The number of nitrogens with one attached hydrogen (secondary N) is 1. The van der Waals surface area contributed by atoms with Gasteiger partial charge in [-0.15, -0.1) is 0 Å². The molecule has 2 rings (SSSR count). The lowest BCUT2D eigenvalue weighted by Crippen LogP contribution is -2.37. The summed E-state index contributed by atoms with van der Waals surface area (Å²) in [5.41, 5.74) is 0.247. The molecular formula is C15H21Cl2NO4. The number of ether oxygens (including phenoxy) is 2. The molecule has 1 unspecified atom stereocenters. The van der Waals surface area contributed by atoms with Crippen molar-refractivity contribution in [3.63, 3.8) is 0 Å². The van der Waals surface area contributed by atoms with Crippen LogP contribution in [0.3, 0.4) is 0 Å². The van der Waals surface area contributed by atoms with Gasteiger partial charge in [-0.1, -0.05) is 29.3 Å². The van der Waals surface area contributed by atoms with Gasteiger partial charge in [-0.05, 0) is 30.7 Å². The molecule has 124 valence electrons. The summed E-state index contributed by atoms with van der Waals surface area (Å²) in [6.07, 6.45) is -0.185. The lowest BCUT2D eigenvalue weighted by Gasteiger charge is -2.33. The average molecular weight is 350 g/mol. The second-order valence-corrected chi connectivity index (χ2v) is 6.14. The van der Waals surface area contributed by atoms with E-state index in [0.717, 1.165) is 18.7 Å². The fraction of sp³-hybridized carbons (Fsp3) is 0.600. The van der Waals surface area contributed by atoms with Crippen LogP contribution in [0.25, 0.3) is 0 Å². The van der Waals surface area contributed by atoms with Gasteiger partial charge in [-0.3, -0.25) is 0 Å². The van der Waals surface area contributed by atoms with E-state index in [9.17, 15) is 5.11 Å². The number of benzene rings is 1. The molecule has 3 N–H and O–H groups in total. The number of rotatable bonds is 6. The Morgan fingerprint density at radius 2 is 2.14 bits per heavy atom. The third-order valence-corrected chi connectivity index (χ3v) is 4.40. The summed E-state index contributed by atoms with van der Waals surface area (Å²) in [6, 6.07) is 5.41. The Kier molecular flexibility index (Phi) is 6.89. The van der Waals surface area contributed by atoms with Gasteiger partial charge in [-0.25, -0.2) is 0 Å². The Morgan fingerprint density at radius 3 is 2.86 bits per heavy atom. The van der Waals surface area contributed by atoms with Crippen molar-refractivity contribution in [3.05, 3.63) is 33.8 Å². The van der Waals surface area contributed by atoms with E-state index < -0.39 is 11.7 Å². The van der Waals surface area contributed by atoms with Crippen LogP contribution < -0.4 is 5.32 Å². The van der Waals surface area contributed by atoms with Crippen LogP contribution in [-0.4, -0.2) is 55.8 Å². The molecule has 0 aliphatic carbocycles. The van der Waals surface area contributed by atoms with Crippen LogP contribution >= 0.6 is 23.2 Å². The quantitative estimate of drug-likeness (QED) is 0.727. The van der Waals surface area contributed by atoms with E-state index in [2.05, 4.69) is 5.32 Å². The molecule has 5 nitrogen and oxygen atoms in total. The van der Waals surface area contributed by atoms with Gasteiger partial charge < -0.3 is 25.0 Å². The SMILES string of the molecule is OCC(O)COC[C@@]1(c2ccc(Cl)c(Cl)c2)CCNCCO1. The highest BCUT2D eigenvalue weighted by Crippen LogP contribution is 2.34. The Labute approximate surface area is 140 Å². The first kappa shape index (κ1) is 17.9. The van der Waals surface area contributed by atoms with E-state index >= 15 is 0 Å². The Bertz CT molecular complexity index is 479. The van der Waals surface area contributed by atoms with Crippen LogP contribution in [0.15, 0.2) is 18.2 Å². The highest BCUT2D eigenvalue weighted by molar-refractivity contribution is 6.42. The van der Waals surface area contributed by atoms with Gasteiger partial charge in [0.25, 0.3) is 0 Å². The standard InChI is InChI=1S/C15H21Cl2NO4/c16-13-2-1-11(7-14(13)17)15(3-4-18-5-6-22-15)10-21-9-12(20)8-19/h1-2,7,12,18-20H,3-6,8-10H2/t12?,15-/m1/s1. The van der Waals surface area contributed by atoms with Crippen molar-refractivity contribution in [2.45, 2.75) is 18.1 Å². The van der Waals surface area contributed by atoms with Crippen molar-refractivity contribution in [1.82, 2.24) is 5.32 Å². The molecule has 0 amide bonds. The summed E-state index contributed by atoms with van der Waals surface area (Å²) < 4.78 is 11.6. The summed E-state index contributed by atoms with van der Waals surface area (Å²) in [5, 5.41) is 22.5. The van der Waals surface area contributed by atoms with Gasteiger partial charge in [0.05, 0.1) is 36.5 Å². The maximum atomic E-state index is 9.41. The predicted octanol–water partition coefficient (Wildman–Crippen LogP) is 1.57. The summed E-state index contributed by atoms with van der Waals surface area (Å²) in [4.78, 5) is 0. The summed E-state index contributed by atoms with van der Waals surface area (Å²) in [6.45, 7) is 2.09. The highest BCUT2D eigenvalue weighted by atomic mass is 35.5. The van der Waals surface area contributed by atoms with E-state index in [-0.39, 0.29) is 19.8 Å². The number of aliphatic hydroxyl groups is 2. The molecular weight excluding hydrogens is 329 g/mol. The van der Waals surface area contributed by atoms with Gasteiger partial charge in [0.2, 0.25) is 0 Å². The Morgan fingerprint density at radius 1 is 1.32 bits per heavy atom. The topological polar surface area (TPSA) is 71.0 Å². The molecule has 1 aromatic rings. The van der Waals surface area contributed by atoms with E-state index in [4.69, 9.17) is 37.8 Å². The fourth-order valence-electron chi connectivity index (χ4n) is 2.42. The Hall–Kier alpha value is -0.400. The van der Waals surface area contributed by atoms with Crippen LogP contribution in [-0.2, 0) is 15.1 Å². The molecule has 0 radical (unpaired) electrons. The van der Waals surface area contributed by atoms with Gasteiger partial charge >= 0.3 is 0 Å². The smallest absolute Gasteiger partial charge is 0.118 e. The van der Waals surface area contributed by atoms with E-state index in [1.165, 1.54) is 0 Å². The summed E-state index contributed by atoms with van der Waals surface area (Å²) >= 11 is 12.1. The minimum absolute atomic E-state index is 0.0519. The van der Waals surface area contributed by atoms with Gasteiger partial charge in [0, 0.05) is 6.54 Å². The minimum Gasteiger partial charge on any atom is -0.394 e. The third-order valence-electron chi connectivity index (χ3n) is 3.66. The maximum Gasteiger partial charge on any atom is 0.118 e. The first-order valence-corrected chi connectivity index (χ1v) is 8.00. The lowest BCUT2D eigenvalue weighted by molar-refractivity contribution is -0.112. The molecule has 1 aliphatic rings. The van der Waals surface area contributed by atoms with E-state index in [0.29, 0.717) is 23.1 Å². The van der Waals surface area contributed by atoms with Crippen LogP contribution in [0.2, 0.25) is 10.0 Å². The highest BCUT2D eigenvalue weighted by Gasteiger charge is 2.35. The molecule has 7 heteroatoms. The van der Waals surface area contributed by atoms with Crippen LogP contribution in [0, 0.1) is 0 Å². The molecule has 2 atom stereocenters. The number of hydrogen-bond donors (Lipinski definition) is 3. The zero-order valence-electron chi connectivity index (χ0n) is 12.2. The van der Waals surface area contributed by atoms with Gasteiger partial charge in [0.1, 0.15) is 11.7 Å². The summed E-state index contributed by atoms with van der Waals surface area (Å²) in [7, 11) is 0. The molecule has 1 heterocycles. The second-order valence-electron chi connectivity index (χ2n) is 5.32. The third kappa shape index (κ3) is 4.55. The summed E-state index contributed by atoms with van der Waals surface area (Å²) in [5.74, 6) is 0. The maximum absolute atomic E-state index is 9.41. The zero-order valence-corrected chi connectivity index (χ0v) is 13.7. The first-order valence-electron chi connectivity index (χ1n) is 7.24. The van der Waals surface area contributed by atoms with Crippen molar-refractivity contribution in [3.8, 4) is 0 Å². The van der Waals surface area contributed by atoms with Crippen molar-refractivity contribution >= 4 is 23.2 Å². The zero-order chi connectivity index (χ0) is 16.0. The Balaban J connectivity index is 2.18. The molecule has 22 heavy (non-hydrogen) atoms. The van der Waals surface area contributed by atoms with E-state index in [1.807, 2.05) is 6.07 Å². The second kappa shape index (κ2) is 8.45. The predicted molar refractivity (Wildman–Crippen MR) is 85.5 cm³/mol. The molecule has 1 aliphatic heterocycles.